The number of benzene rings is 2. The number of phenolic OH excluding ortho intramolecular Hbond substituents is 1. The van der Waals surface area contributed by atoms with Gasteiger partial charge in [0.1, 0.15) is 11.6 Å². The molecule has 3 nitrogen and oxygen atoms in total. The predicted octanol–water partition coefficient (Wildman–Crippen LogP) is 4.15. The molecule has 1 N–H and O–H groups in total. The predicted molar refractivity (Wildman–Crippen MR) is 78.3 cm³/mol. The first-order valence-corrected chi connectivity index (χ1v) is 6.73. The highest BCUT2D eigenvalue weighted by molar-refractivity contribution is 9.10. The van der Waals surface area contributed by atoms with Crippen LogP contribution in [0.5, 0.6) is 5.75 Å². The fourth-order valence-electron chi connectivity index (χ4n) is 2.02. The summed E-state index contributed by atoms with van der Waals surface area (Å²) in [4.78, 5) is 0. The molecule has 0 radical (unpaired) electrons. The third-order valence-electron chi connectivity index (χ3n) is 2.95. The maximum Gasteiger partial charge on any atom is 0.127 e. The minimum atomic E-state index is -0.471. The van der Waals surface area contributed by atoms with E-state index in [4.69, 9.17) is 0 Å². The zero-order valence-corrected chi connectivity index (χ0v) is 11.9. The summed E-state index contributed by atoms with van der Waals surface area (Å²) in [5.41, 5.74) is 2.09. The van der Waals surface area contributed by atoms with E-state index in [1.165, 1.54) is 12.1 Å². The van der Waals surface area contributed by atoms with Crippen molar-refractivity contribution < 1.29 is 9.50 Å². The highest BCUT2D eigenvalue weighted by Crippen LogP contribution is 2.31. The molecule has 0 fully saturated rings. The second-order valence-corrected chi connectivity index (χ2v) is 5.18. The van der Waals surface area contributed by atoms with E-state index >= 15 is 0 Å². The van der Waals surface area contributed by atoms with Gasteiger partial charge in [-0.2, -0.15) is 5.10 Å². The molecule has 0 bridgehead atoms. The van der Waals surface area contributed by atoms with Crippen LogP contribution in [0.4, 0.5) is 4.39 Å². The molecule has 0 aliphatic heterocycles. The van der Waals surface area contributed by atoms with Gasteiger partial charge in [-0.1, -0.05) is 15.9 Å². The number of aromatic nitrogens is 2. The highest BCUT2D eigenvalue weighted by Gasteiger charge is 2.12. The molecule has 2 aromatic carbocycles. The van der Waals surface area contributed by atoms with Crippen LogP contribution in [0.25, 0.3) is 16.9 Å². The molecular weight excluding hydrogens is 323 g/mol. The van der Waals surface area contributed by atoms with Crippen LogP contribution >= 0.6 is 15.9 Å². The smallest absolute Gasteiger partial charge is 0.127 e. The number of hydrogen-bond acceptors (Lipinski definition) is 2. The van der Waals surface area contributed by atoms with E-state index in [1.54, 1.807) is 16.9 Å². The van der Waals surface area contributed by atoms with Gasteiger partial charge in [0.15, 0.2) is 0 Å². The van der Waals surface area contributed by atoms with E-state index in [2.05, 4.69) is 21.0 Å². The lowest BCUT2D eigenvalue weighted by atomic mass is 10.1. The molecule has 3 aromatic rings. The Morgan fingerprint density at radius 3 is 2.50 bits per heavy atom. The molecule has 1 aromatic heterocycles. The normalized spacial score (nSPS) is 10.7. The molecule has 0 atom stereocenters. The lowest BCUT2D eigenvalue weighted by Gasteiger charge is -2.09. The van der Waals surface area contributed by atoms with Crippen LogP contribution in [-0.2, 0) is 0 Å². The topological polar surface area (TPSA) is 38.1 Å². The second kappa shape index (κ2) is 5.09. The molecule has 0 saturated carbocycles. The molecule has 0 spiro atoms. The fraction of sp³-hybridized carbons (Fsp3) is 0. The van der Waals surface area contributed by atoms with Crippen molar-refractivity contribution in [3.8, 4) is 22.7 Å². The Labute approximate surface area is 123 Å². The molecule has 1 heterocycles. The Kier molecular flexibility index (Phi) is 3.28. The van der Waals surface area contributed by atoms with Crippen molar-refractivity contribution in [2.75, 3.05) is 0 Å². The Morgan fingerprint density at radius 2 is 1.80 bits per heavy atom. The summed E-state index contributed by atoms with van der Waals surface area (Å²) in [7, 11) is 0. The van der Waals surface area contributed by atoms with Gasteiger partial charge >= 0.3 is 0 Å². The van der Waals surface area contributed by atoms with Gasteiger partial charge < -0.3 is 5.11 Å². The van der Waals surface area contributed by atoms with Gasteiger partial charge in [-0.05, 0) is 42.5 Å². The monoisotopic (exact) mass is 332 g/mol. The summed E-state index contributed by atoms with van der Waals surface area (Å²) < 4.78 is 15.7. The molecule has 0 aliphatic carbocycles. The van der Waals surface area contributed by atoms with Crippen molar-refractivity contribution in [1.29, 1.82) is 0 Å². The maximum absolute atomic E-state index is 13.1. The van der Waals surface area contributed by atoms with E-state index < -0.39 is 5.82 Å². The fourth-order valence-corrected chi connectivity index (χ4v) is 2.28. The van der Waals surface area contributed by atoms with Gasteiger partial charge in [-0.25, -0.2) is 9.07 Å². The summed E-state index contributed by atoms with van der Waals surface area (Å²) in [6.45, 7) is 0. The lowest BCUT2D eigenvalue weighted by Crippen LogP contribution is -1.98. The Hall–Kier alpha value is -2.14. The van der Waals surface area contributed by atoms with Gasteiger partial charge in [-0.15, -0.1) is 0 Å². The number of aromatic hydroxyl groups is 1. The van der Waals surface area contributed by atoms with E-state index in [0.717, 1.165) is 16.2 Å². The Bertz CT molecular complexity index is 753. The first-order valence-electron chi connectivity index (χ1n) is 5.94. The summed E-state index contributed by atoms with van der Waals surface area (Å²) >= 11 is 3.38. The molecule has 3 rings (SSSR count). The van der Waals surface area contributed by atoms with Crippen LogP contribution in [-0.4, -0.2) is 14.9 Å². The second-order valence-electron chi connectivity index (χ2n) is 4.27. The van der Waals surface area contributed by atoms with Crippen molar-refractivity contribution in [3.05, 3.63) is 65.0 Å². The Morgan fingerprint density at radius 1 is 1.05 bits per heavy atom. The minimum Gasteiger partial charge on any atom is -0.507 e. The molecule has 0 aliphatic rings. The summed E-state index contributed by atoms with van der Waals surface area (Å²) in [5.74, 6) is -0.579. The molecule has 20 heavy (non-hydrogen) atoms. The molecule has 100 valence electrons. The van der Waals surface area contributed by atoms with E-state index in [0.29, 0.717) is 11.3 Å². The van der Waals surface area contributed by atoms with Gasteiger partial charge in [0.2, 0.25) is 0 Å². The van der Waals surface area contributed by atoms with Crippen LogP contribution in [0.3, 0.4) is 0 Å². The minimum absolute atomic E-state index is 0.108. The third kappa shape index (κ3) is 2.32. The molecular formula is C15H10BrFN2O. The van der Waals surface area contributed by atoms with Crippen molar-refractivity contribution in [2.45, 2.75) is 0 Å². The van der Waals surface area contributed by atoms with E-state index in [9.17, 15) is 9.50 Å². The number of phenols is 1. The first kappa shape index (κ1) is 12.9. The molecule has 5 heteroatoms. The van der Waals surface area contributed by atoms with Crippen molar-refractivity contribution in [2.24, 2.45) is 0 Å². The third-order valence-corrected chi connectivity index (χ3v) is 3.48. The van der Waals surface area contributed by atoms with E-state index in [1.807, 2.05) is 24.3 Å². The van der Waals surface area contributed by atoms with Gasteiger partial charge in [-0.3, -0.25) is 0 Å². The molecule has 0 saturated heterocycles. The number of hydrogen-bond donors (Lipinski definition) is 1. The summed E-state index contributed by atoms with van der Waals surface area (Å²) in [6.07, 6.45) is 1.64. The van der Waals surface area contributed by atoms with Crippen molar-refractivity contribution >= 4 is 15.9 Å². The van der Waals surface area contributed by atoms with E-state index in [-0.39, 0.29) is 5.75 Å². The zero-order valence-electron chi connectivity index (χ0n) is 10.3. The van der Waals surface area contributed by atoms with Crippen LogP contribution in [0.15, 0.2) is 59.2 Å². The van der Waals surface area contributed by atoms with Crippen LogP contribution in [0.1, 0.15) is 0 Å². The largest absolute Gasteiger partial charge is 0.507 e. The first-order chi connectivity index (χ1) is 9.65. The number of rotatable bonds is 2. The SMILES string of the molecule is Oc1cc(F)ccc1-c1ccnn1-c1ccc(Br)cc1. The quantitative estimate of drug-likeness (QED) is 0.765. The van der Waals surface area contributed by atoms with Crippen LogP contribution in [0.2, 0.25) is 0 Å². The standard InChI is InChI=1S/C15H10BrFN2O/c16-10-1-4-12(5-2-10)19-14(7-8-18-19)13-6-3-11(17)9-15(13)20/h1-9,20H. The molecule has 0 amide bonds. The lowest BCUT2D eigenvalue weighted by molar-refractivity contribution is 0.470. The average molecular weight is 333 g/mol. The molecule has 0 unspecified atom stereocenters. The van der Waals surface area contributed by atoms with Gasteiger partial charge in [0.25, 0.3) is 0 Å². The number of halogens is 2. The Balaban J connectivity index is 2.12. The van der Waals surface area contributed by atoms with Crippen molar-refractivity contribution in [3.63, 3.8) is 0 Å². The number of nitrogens with zero attached hydrogens (tertiary/aromatic N) is 2. The van der Waals surface area contributed by atoms with Gasteiger partial charge in [0.05, 0.1) is 17.6 Å². The zero-order chi connectivity index (χ0) is 14.1. The van der Waals surface area contributed by atoms with Crippen LogP contribution < -0.4 is 0 Å². The van der Waals surface area contributed by atoms with Crippen molar-refractivity contribution in [1.82, 2.24) is 9.78 Å². The van der Waals surface area contributed by atoms with Gasteiger partial charge in [0, 0.05) is 16.1 Å². The average Bonchev–Trinajstić information content (AvgIpc) is 2.88. The summed E-state index contributed by atoms with van der Waals surface area (Å²) in [5, 5.41) is 14.1. The summed E-state index contributed by atoms with van der Waals surface area (Å²) in [6, 6.07) is 13.3. The maximum atomic E-state index is 13.1. The highest BCUT2D eigenvalue weighted by atomic mass is 79.9. The van der Waals surface area contributed by atoms with Crippen LogP contribution in [0, 0.1) is 5.82 Å².